The van der Waals surface area contributed by atoms with Gasteiger partial charge in [0.05, 0.1) is 23.9 Å². The minimum atomic E-state index is -0.984. The standard InChI is InChI=1S/C16H14N2O4S2/c19-14-8-24-13-4-3-9(6-10(13)17-14)16(22)18-11(7-15(20)21)12-2-1-5-23-12/h1-6,11H,7-8H2,(H,17,19)(H,18,22)(H,20,21)/t11-/m0/s1. The van der Waals surface area contributed by atoms with Crippen molar-refractivity contribution in [1.82, 2.24) is 5.32 Å². The quantitative estimate of drug-likeness (QED) is 0.760. The van der Waals surface area contributed by atoms with Crippen LogP contribution in [0.3, 0.4) is 0 Å². The summed E-state index contributed by atoms with van der Waals surface area (Å²) in [6.45, 7) is 0. The number of rotatable bonds is 5. The molecule has 0 unspecified atom stereocenters. The number of carbonyl (C=O) groups is 3. The number of fused-ring (bicyclic) bond motifs is 1. The van der Waals surface area contributed by atoms with Gasteiger partial charge in [0.15, 0.2) is 0 Å². The molecule has 3 N–H and O–H groups in total. The lowest BCUT2D eigenvalue weighted by atomic mass is 10.1. The number of hydrogen-bond donors (Lipinski definition) is 3. The van der Waals surface area contributed by atoms with E-state index in [0.29, 0.717) is 17.0 Å². The van der Waals surface area contributed by atoms with Crippen LogP contribution in [0.15, 0.2) is 40.6 Å². The van der Waals surface area contributed by atoms with E-state index in [1.807, 2.05) is 11.4 Å². The molecule has 1 atom stereocenters. The number of carboxylic acids is 1. The normalized spacial score (nSPS) is 14.4. The Morgan fingerprint density at radius 1 is 1.33 bits per heavy atom. The first kappa shape index (κ1) is 16.5. The van der Waals surface area contributed by atoms with E-state index >= 15 is 0 Å². The van der Waals surface area contributed by atoms with Gasteiger partial charge in [-0.1, -0.05) is 6.07 Å². The zero-order valence-electron chi connectivity index (χ0n) is 12.4. The van der Waals surface area contributed by atoms with Gasteiger partial charge in [0.25, 0.3) is 5.91 Å². The summed E-state index contributed by atoms with van der Waals surface area (Å²) in [5.41, 5.74) is 0.985. The average Bonchev–Trinajstić information content (AvgIpc) is 3.07. The van der Waals surface area contributed by atoms with E-state index in [1.165, 1.54) is 23.1 Å². The van der Waals surface area contributed by atoms with Gasteiger partial charge in [0.2, 0.25) is 5.91 Å². The number of thiophene rings is 1. The Hall–Kier alpha value is -2.32. The summed E-state index contributed by atoms with van der Waals surface area (Å²) in [5.74, 6) is -1.10. The fourth-order valence-electron chi connectivity index (χ4n) is 2.35. The lowest BCUT2D eigenvalue weighted by Gasteiger charge is -2.19. The summed E-state index contributed by atoms with van der Waals surface area (Å²) < 4.78 is 0. The summed E-state index contributed by atoms with van der Waals surface area (Å²) >= 11 is 2.81. The molecule has 2 heterocycles. The van der Waals surface area contributed by atoms with E-state index in [0.717, 1.165) is 9.77 Å². The van der Waals surface area contributed by atoms with Crippen LogP contribution in [0.2, 0.25) is 0 Å². The van der Waals surface area contributed by atoms with Gasteiger partial charge >= 0.3 is 5.97 Å². The number of anilines is 1. The van der Waals surface area contributed by atoms with Crippen molar-refractivity contribution < 1.29 is 19.5 Å². The van der Waals surface area contributed by atoms with E-state index in [-0.39, 0.29) is 18.2 Å². The van der Waals surface area contributed by atoms with Crippen molar-refractivity contribution in [3.8, 4) is 0 Å². The Bertz CT molecular complexity index is 789. The van der Waals surface area contributed by atoms with Gasteiger partial charge in [-0.3, -0.25) is 14.4 Å². The molecule has 1 aliphatic rings. The molecule has 3 rings (SSSR count). The summed E-state index contributed by atoms with van der Waals surface area (Å²) in [7, 11) is 0. The van der Waals surface area contributed by atoms with Crippen molar-refractivity contribution in [2.24, 2.45) is 0 Å². The smallest absolute Gasteiger partial charge is 0.305 e. The SMILES string of the molecule is O=C(O)C[C@H](NC(=O)c1ccc2c(c1)NC(=O)CS2)c1cccs1. The molecule has 2 aromatic rings. The molecule has 2 amide bonds. The highest BCUT2D eigenvalue weighted by Gasteiger charge is 2.21. The molecule has 0 radical (unpaired) electrons. The van der Waals surface area contributed by atoms with Crippen molar-refractivity contribution in [3.05, 3.63) is 46.2 Å². The summed E-state index contributed by atoms with van der Waals surface area (Å²) in [5, 5.41) is 16.4. The maximum atomic E-state index is 12.5. The van der Waals surface area contributed by atoms with E-state index in [2.05, 4.69) is 10.6 Å². The minimum absolute atomic E-state index is 0.104. The second-order valence-corrected chi connectivity index (χ2v) is 7.18. The molecule has 0 saturated carbocycles. The second kappa shape index (κ2) is 7.06. The molecule has 0 aliphatic carbocycles. The lowest BCUT2D eigenvalue weighted by molar-refractivity contribution is -0.137. The molecule has 0 spiro atoms. The number of carboxylic acid groups (broad SMARTS) is 1. The van der Waals surface area contributed by atoms with E-state index in [1.54, 1.807) is 24.3 Å². The number of nitrogens with one attached hydrogen (secondary N) is 2. The monoisotopic (exact) mass is 362 g/mol. The topological polar surface area (TPSA) is 95.5 Å². The highest BCUT2D eigenvalue weighted by molar-refractivity contribution is 8.00. The molecule has 0 bridgehead atoms. The molecule has 0 fully saturated rings. The van der Waals surface area contributed by atoms with Crippen LogP contribution in [0, 0.1) is 0 Å². The van der Waals surface area contributed by atoms with E-state index in [9.17, 15) is 14.4 Å². The molecular formula is C16H14N2O4S2. The zero-order valence-corrected chi connectivity index (χ0v) is 14.1. The van der Waals surface area contributed by atoms with Crippen molar-refractivity contribution in [2.45, 2.75) is 17.4 Å². The number of hydrogen-bond acceptors (Lipinski definition) is 5. The largest absolute Gasteiger partial charge is 0.481 e. The van der Waals surface area contributed by atoms with Crippen LogP contribution in [0.5, 0.6) is 0 Å². The molecule has 6 nitrogen and oxygen atoms in total. The molecule has 0 saturated heterocycles. The van der Waals surface area contributed by atoms with Crippen molar-refractivity contribution in [3.63, 3.8) is 0 Å². The van der Waals surface area contributed by atoms with Crippen LogP contribution in [0.1, 0.15) is 27.7 Å². The molecule has 124 valence electrons. The Labute approximate surface area is 146 Å². The van der Waals surface area contributed by atoms with Crippen molar-refractivity contribution >= 4 is 46.6 Å². The Morgan fingerprint density at radius 2 is 2.17 bits per heavy atom. The Morgan fingerprint density at radius 3 is 2.88 bits per heavy atom. The molecule has 1 aliphatic heterocycles. The van der Waals surface area contributed by atoms with Gasteiger partial charge in [-0.15, -0.1) is 23.1 Å². The number of carbonyl (C=O) groups excluding carboxylic acids is 2. The molecule has 24 heavy (non-hydrogen) atoms. The number of aliphatic carboxylic acids is 1. The van der Waals surface area contributed by atoms with Gasteiger partial charge in [0.1, 0.15) is 0 Å². The van der Waals surface area contributed by atoms with Gasteiger partial charge < -0.3 is 15.7 Å². The first-order valence-electron chi connectivity index (χ1n) is 7.15. The fraction of sp³-hybridized carbons (Fsp3) is 0.188. The highest BCUT2D eigenvalue weighted by Crippen LogP contribution is 2.32. The number of benzene rings is 1. The van der Waals surface area contributed by atoms with Gasteiger partial charge in [-0.2, -0.15) is 0 Å². The van der Waals surface area contributed by atoms with Crippen LogP contribution in [0.4, 0.5) is 5.69 Å². The average molecular weight is 362 g/mol. The molecule has 1 aromatic carbocycles. The van der Waals surface area contributed by atoms with Crippen LogP contribution >= 0.6 is 23.1 Å². The van der Waals surface area contributed by atoms with Crippen LogP contribution < -0.4 is 10.6 Å². The van der Waals surface area contributed by atoms with Crippen LogP contribution in [-0.2, 0) is 9.59 Å². The first-order valence-corrected chi connectivity index (χ1v) is 9.02. The van der Waals surface area contributed by atoms with Crippen molar-refractivity contribution in [2.75, 3.05) is 11.1 Å². The summed E-state index contributed by atoms with van der Waals surface area (Å²) in [6.07, 6.45) is -0.191. The predicted octanol–water partition coefficient (Wildman–Crippen LogP) is 2.74. The third kappa shape index (κ3) is 3.77. The van der Waals surface area contributed by atoms with Crippen LogP contribution in [-0.4, -0.2) is 28.6 Å². The van der Waals surface area contributed by atoms with Gasteiger partial charge in [0, 0.05) is 15.3 Å². The summed E-state index contributed by atoms with van der Waals surface area (Å²) in [6, 6.07) is 8.09. The van der Waals surface area contributed by atoms with Crippen LogP contribution in [0.25, 0.3) is 0 Å². The lowest BCUT2D eigenvalue weighted by Crippen LogP contribution is -2.30. The Kier molecular flexibility index (Phi) is 4.86. The molecule has 1 aromatic heterocycles. The van der Waals surface area contributed by atoms with E-state index < -0.39 is 12.0 Å². The van der Waals surface area contributed by atoms with E-state index in [4.69, 9.17) is 5.11 Å². The highest BCUT2D eigenvalue weighted by atomic mass is 32.2. The summed E-state index contributed by atoms with van der Waals surface area (Å²) in [4.78, 5) is 36.7. The fourth-order valence-corrected chi connectivity index (χ4v) is 3.92. The maximum absolute atomic E-state index is 12.5. The first-order chi connectivity index (χ1) is 11.5. The second-order valence-electron chi connectivity index (χ2n) is 5.19. The number of thioether (sulfide) groups is 1. The number of amides is 2. The maximum Gasteiger partial charge on any atom is 0.305 e. The third-order valence-electron chi connectivity index (χ3n) is 3.45. The molecular weight excluding hydrogens is 348 g/mol. The van der Waals surface area contributed by atoms with Crippen molar-refractivity contribution in [1.29, 1.82) is 0 Å². The third-order valence-corrected chi connectivity index (χ3v) is 5.50. The van der Waals surface area contributed by atoms with Gasteiger partial charge in [-0.25, -0.2) is 0 Å². The Balaban J connectivity index is 1.79. The minimum Gasteiger partial charge on any atom is -0.481 e. The molecule has 8 heteroatoms. The predicted molar refractivity (Wildman–Crippen MR) is 92.6 cm³/mol. The van der Waals surface area contributed by atoms with Gasteiger partial charge in [-0.05, 0) is 29.6 Å². The zero-order chi connectivity index (χ0) is 17.1.